The van der Waals surface area contributed by atoms with E-state index in [0.717, 1.165) is 49.7 Å². The number of hydrogen-bond acceptors (Lipinski definition) is 2. The van der Waals surface area contributed by atoms with Gasteiger partial charge in [0, 0.05) is 63.1 Å². The summed E-state index contributed by atoms with van der Waals surface area (Å²) in [6.45, 7) is 0. The lowest BCUT2D eigenvalue weighted by molar-refractivity contribution is 1.17. The van der Waals surface area contributed by atoms with E-state index >= 15 is 0 Å². The maximum absolute atomic E-state index is 4.92. The van der Waals surface area contributed by atoms with E-state index in [9.17, 15) is 0 Å². The van der Waals surface area contributed by atoms with Crippen LogP contribution >= 0.6 is 0 Å². The number of aromatic nitrogens is 5. The normalized spacial score (nSPS) is 12.2. The molecule has 0 aliphatic heterocycles. The van der Waals surface area contributed by atoms with E-state index in [2.05, 4.69) is 140 Å². The van der Waals surface area contributed by atoms with Gasteiger partial charge in [-0.25, -0.2) is 4.98 Å². The number of hydrogen-bond donors (Lipinski definition) is 0. The Balaban J connectivity index is 1.48. The van der Waals surface area contributed by atoms with Gasteiger partial charge in [-0.05, 0) is 53.9 Å². The van der Waals surface area contributed by atoms with Gasteiger partial charge in [-0.1, -0.05) is 66.7 Å². The van der Waals surface area contributed by atoms with Crippen LogP contribution in [0.5, 0.6) is 0 Å². The summed E-state index contributed by atoms with van der Waals surface area (Å²) in [7, 11) is 0. The fourth-order valence-corrected chi connectivity index (χ4v) is 7.20. The first-order chi connectivity index (χ1) is 21.4. The first-order valence-electron chi connectivity index (χ1n) is 14.5. The molecule has 5 nitrogen and oxygen atoms in total. The van der Waals surface area contributed by atoms with Gasteiger partial charge in [-0.2, -0.15) is 0 Å². The van der Waals surface area contributed by atoms with Crippen molar-refractivity contribution >= 4 is 70.9 Å². The van der Waals surface area contributed by atoms with Crippen LogP contribution in [0.25, 0.3) is 82.3 Å². The summed E-state index contributed by atoms with van der Waals surface area (Å²) < 4.78 is 7.01. The summed E-state index contributed by atoms with van der Waals surface area (Å²) in [5, 5.41) is 8.31. The van der Waals surface area contributed by atoms with E-state index < -0.39 is 0 Å². The van der Waals surface area contributed by atoms with Crippen LogP contribution in [-0.2, 0) is 0 Å². The molecule has 0 saturated carbocycles. The topological polar surface area (TPSA) is 40.1 Å². The van der Waals surface area contributed by atoms with Gasteiger partial charge in [0.1, 0.15) is 5.65 Å². The largest absolute Gasteiger partial charge is 0.309 e. The summed E-state index contributed by atoms with van der Waals surface area (Å²) in [6.07, 6.45) is 7.77. The Kier molecular flexibility index (Phi) is 4.39. The van der Waals surface area contributed by atoms with Crippen LogP contribution in [0, 0.1) is 0 Å². The van der Waals surface area contributed by atoms with Crippen LogP contribution in [0.2, 0.25) is 0 Å². The van der Waals surface area contributed by atoms with E-state index in [1.165, 1.54) is 32.6 Å². The van der Waals surface area contributed by atoms with Crippen LogP contribution in [0.15, 0.2) is 140 Å². The van der Waals surface area contributed by atoms with Gasteiger partial charge < -0.3 is 9.13 Å². The van der Waals surface area contributed by atoms with E-state index in [4.69, 9.17) is 4.98 Å². The van der Waals surface area contributed by atoms with Gasteiger partial charge in [0.15, 0.2) is 0 Å². The zero-order chi connectivity index (χ0) is 28.1. The Labute approximate surface area is 245 Å². The molecule has 0 aliphatic carbocycles. The summed E-state index contributed by atoms with van der Waals surface area (Å²) in [5.74, 6) is 0. The summed E-state index contributed by atoms with van der Waals surface area (Å²) in [6, 6.07) is 41.4. The molecule has 0 N–H and O–H groups in total. The highest BCUT2D eigenvalue weighted by Gasteiger charge is 2.22. The molecule has 43 heavy (non-hydrogen) atoms. The van der Waals surface area contributed by atoms with E-state index in [-0.39, 0.29) is 0 Å². The Bertz CT molecular complexity index is 2710. The minimum Gasteiger partial charge on any atom is -0.309 e. The smallest absolute Gasteiger partial charge is 0.147 e. The molecule has 200 valence electrons. The van der Waals surface area contributed by atoms with Gasteiger partial charge in [0.05, 0.1) is 33.0 Å². The average molecular weight is 550 g/mol. The molecule has 0 spiro atoms. The molecule has 0 saturated heterocycles. The third kappa shape index (κ3) is 2.95. The van der Waals surface area contributed by atoms with Gasteiger partial charge in [-0.15, -0.1) is 0 Å². The maximum Gasteiger partial charge on any atom is 0.147 e. The van der Waals surface area contributed by atoms with E-state index in [1.54, 1.807) is 0 Å². The monoisotopic (exact) mass is 549 g/mol. The minimum atomic E-state index is 0.947. The van der Waals surface area contributed by atoms with E-state index in [1.807, 2.05) is 18.6 Å². The van der Waals surface area contributed by atoms with Crippen LogP contribution < -0.4 is 0 Å². The molecule has 0 fully saturated rings. The average Bonchev–Trinajstić information content (AvgIpc) is 3.77. The Morgan fingerprint density at radius 2 is 1.16 bits per heavy atom. The molecule has 0 atom stereocenters. The molecule has 5 aromatic carbocycles. The SMILES string of the molecule is c1ccc(-n2c3ccccc3c3cc4c5ccc6c7cnccc7n7ccnc7c6c5n(-c5ccccc5)c4cc32)cc1. The second kappa shape index (κ2) is 8.30. The van der Waals surface area contributed by atoms with Crippen LogP contribution in [0.1, 0.15) is 0 Å². The number of benzene rings is 5. The van der Waals surface area contributed by atoms with Gasteiger partial charge in [-0.3, -0.25) is 9.38 Å². The number of fused-ring (bicyclic) bond motifs is 13. The number of para-hydroxylation sites is 3. The predicted octanol–water partition coefficient (Wildman–Crippen LogP) is 9.23. The van der Waals surface area contributed by atoms with Crippen molar-refractivity contribution in [2.45, 2.75) is 0 Å². The summed E-state index contributed by atoms with van der Waals surface area (Å²) in [5.41, 5.74) is 9.03. The zero-order valence-electron chi connectivity index (χ0n) is 23.0. The second-order valence-corrected chi connectivity index (χ2v) is 11.1. The zero-order valence-corrected chi connectivity index (χ0v) is 23.0. The molecule has 5 aromatic heterocycles. The van der Waals surface area contributed by atoms with Crippen molar-refractivity contribution in [3.63, 3.8) is 0 Å². The lowest BCUT2D eigenvalue weighted by Gasteiger charge is -2.13. The molecule has 10 rings (SSSR count). The molecule has 5 heteroatoms. The van der Waals surface area contributed by atoms with Gasteiger partial charge in [0.2, 0.25) is 0 Å². The predicted molar refractivity (Wildman–Crippen MR) is 177 cm³/mol. The number of rotatable bonds is 2. The van der Waals surface area contributed by atoms with Crippen LogP contribution in [-0.4, -0.2) is 23.5 Å². The quantitative estimate of drug-likeness (QED) is 0.202. The number of nitrogens with zero attached hydrogens (tertiary/aromatic N) is 5. The van der Waals surface area contributed by atoms with Crippen LogP contribution in [0.4, 0.5) is 0 Å². The highest BCUT2D eigenvalue weighted by atomic mass is 15.0. The van der Waals surface area contributed by atoms with Gasteiger partial charge >= 0.3 is 0 Å². The molecule has 5 heterocycles. The molecule has 0 amide bonds. The molecular formula is C38H23N5. The van der Waals surface area contributed by atoms with Gasteiger partial charge in [0.25, 0.3) is 0 Å². The number of imidazole rings is 1. The van der Waals surface area contributed by atoms with E-state index in [0.29, 0.717) is 0 Å². The highest BCUT2D eigenvalue weighted by Crippen LogP contribution is 2.43. The van der Waals surface area contributed by atoms with Crippen molar-refractivity contribution in [2.75, 3.05) is 0 Å². The molecule has 0 radical (unpaired) electrons. The van der Waals surface area contributed by atoms with Crippen molar-refractivity contribution < 1.29 is 0 Å². The number of pyridine rings is 2. The third-order valence-corrected chi connectivity index (χ3v) is 8.96. The lowest BCUT2D eigenvalue weighted by atomic mass is 10.0. The molecule has 10 aromatic rings. The third-order valence-electron chi connectivity index (χ3n) is 8.96. The van der Waals surface area contributed by atoms with Crippen molar-refractivity contribution in [1.82, 2.24) is 23.5 Å². The fourth-order valence-electron chi connectivity index (χ4n) is 7.20. The molecular weight excluding hydrogens is 526 g/mol. The van der Waals surface area contributed by atoms with Crippen molar-refractivity contribution in [3.8, 4) is 11.4 Å². The molecule has 0 aliphatic rings. The molecule has 0 unspecified atom stereocenters. The maximum atomic E-state index is 4.92. The van der Waals surface area contributed by atoms with Crippen molar-refractivity contribution in [3.05, 3.63) is 140 Å². The standard InChI is InChI=1S/C38H23N5/c1-3-9-24(10-4-1)42-33-14-8-7-13-26(33)29-21-30-28-16-15-27-31-23-39-18-17-32(31)41-20-19-40-38(41)36(27)37(28)43(35(30)22-34(29)42)25-11-5-2-6-12-25/h1-23H. The summed E-state index contributed by atoms with van der Waals surface area (Å²) in [4.78, 5) is 9.43. The Hall–Kier alpha value is -5.94. The fraction of sp³-hybridized carbons (Fsp3) is 0. The first-order valence-corrected chi connectivity index (χ1v) is 14.5. The summed E-state index contributed by atoms with van der Waals surface area (Å²) >= 11 is 0. The molecule has 0 bridgehead atoms. The first kappa shape index (κ1) is 22.7. The Morgan fingerprint density at radius 1 is 0.465 bits per heavy atom. The van der Waals surface area contributed by atoms with Crippen LogP contribution in [0.3, 0.4) is 0 Å². The van der Waals surface area contributed by atoms with Crippen molar-refractivity contribution in [2.24, 2.45) is 0 Å². The minimum absolute atomic E-state index is 0.947. The second-order valence-electron chi connectivity index (χ2n) is 11.1. The lowest BCUT2D eigenvalue weighted by Crippen LogP contribution is -1.97. The van der Waals surface area contributed by atoms with Crippen molar-refractivity contribution in [1.29, 1.82) is 0 Å². The Morgan fingerprint density at radius 3 is 2.00 bits per heavy atom. The highest BCUT2D eigenvalue weighted by molar-refractivity contribution is 6.28.